The van der Waals surface area contributed by atoms with Crippen LogP contribution in [0.2, 0.25) is 0 Å². The molecule has 2 aromatic heterocycles. The van der Waals surface area contributed by atoms with Gasteiger partial charge in [-0.25, -0.2) is 9.97 Å². The van der Waals surface area contributed by atoms with Gasteiger partial charge in [-0.05, 0) is 50.3 Å². The maximum atomic E-state index is 13.2. The standard InChI is InChI=1S/C49H57N9O10/c1-4-37-45-46(50-2)52-30-57(45)39-27-51-42(54-47(39)58(37)33-9-5-6-10-33)26-32-15-14-31(25-41(32)64-3)40(59)13-8-18-65-19-20-66-21-22-67-23-24-68-29-44(61)53-36-12-7-11-34-35(36)28-56(49(34)63)38-16-17-43(60)55-48(38)62/h7,11-12,14-15,25,27,30,33,37-38H,4-6,8-10,13,16-24,26,28-29H2,1,3H3,(H,53,61)(H,55,60,62)/t37-,38?/m1/s1. The van der Waals surface area contributed by atoms with Crippen molar-refractivity contribution in [2.45, 2.75) is 95.8 Å². The molecule has 1 saturated heterocycles. The van der Waals surface area contributed by atoms with Crippen LogP contribution in [-0.2, 0) is 46.3 Å². The maximum absolute atomic E-state index is 13.2. The number of carbonyl (C=O) groups excluding carboxylic acids is 5. The molecule has 3 aliphatic heterocycles. The van der Waals surface area contributed by atoms with Gasteiger partial charge in [-0.2, -0.15) is 0 Å². The SMILES string of the molecule is [C-]#[N+]c1ncn2c1[C@@H](CC)N(C1CCCC1)c1nc(Cc3ccc(C(=O)CCCOCCOCCOCCOCC(=O)Nc4cccc5c4CN(C4CCC(=O)NC4=O)C5=O)cc3OC)ncc1-2. The quantitative estimate of drug-likeness (QED) is 0.0410. The Balaban J connectivity index is 0.693. The predicted molar refractivity (Wildman–Crippen MR) is 247 cm³/mol. The number of hydrogen-bond acceptors (Lipinski definition) is 14. The minimum Gasteiger partial charge on any atom is -0.496 e. The lowest BCUT2D eigenvalue weighted by molar-refractivity contribution is -0.137. The molecular weight excluding hydrogens is 875 g/mol. The number of ether oxygens (including phenoxy) is 5. The van der Waals surface area contributed by atoms with Crippen LogP contribution in [0.4, 0.5) is 17.3 Å². The summed E-state index contributed by atoms with van der Waals surface area (Å²) in [6, 6.07) is 10.1. The normalized spacial score (nSPS) is 17.7. The zero-order chi connectivity index (χ0) is 47.6. The van der Waals surface area contributed by atoms with Crippen LogP contribution in [0.15, 0.2) is 48.9 Å². The highest BCUT2D eigenvalue weighted by atomic mass is 16.6. The summed E-state index contributed by atoms with van der Waals surface area (Å²) in [5, 5.41) is 5.08. The smallest absolute Gasteiger partial charge is 0.293 e. The molecule has 2 atom stereocenters. The number of imide groups is 1. The summed E-state index contributed by atoms with van der Waals surface area (Å²) in [4.78, 5) is 84.7. The summed E-state index contributed by atoms with van der Waals surface area (Å²) < 4.78 is 30.0. The second kappa shape index (κ2) is 22.5. The van der Waals surface area contributed by atoms with Crippen LogP contribution in [0.5, 0.6) is 5.75 Å². The minimum atomic E-state index is -0.744. The molecule has 19 nitrogen and oxygen atoms in total. The van der Waals surface area contributed by atoms with Gasteiger partial charge in [-0.3, -0.25) is 33.9 Å². The third kappa shape index (κ3) is 10.7. The molecule has 0 radical (unpaired) electrons. The topological polar surface area (TPSA) is 210 Å². The molecule has 4 aromatic rings. The molecule has 2 fully saturated rings. The van der Waals surface area contributed by atoms with Gasteiger partial charge >= 0.3 is 0 Å². The number of amides is 4. The Morgan fingerprint density at radius 2 is 1.69 bits per heavy atom. The van der Waals surface area contributed by atoms with Crippen LogP contribution in [-0.4, -0.2) is 126 Å². The van der Waals surface area contributed by atoms with E-state index < -0.39 is 17.9 Å². The van der Waals surface area contributed by atoms with Crippen LogP contribution < -0.4 is 20.3 Å². The van der Waals surface area contributed by atoms with Crippen molar-refractivity contribution in [2.24, 2.45) is 0 Å². The van der Waals surface area contributed by atoms with Gasteiger partial charge in [0.05, 0.1) is 64.7 Å². The second-order valence-corrected chi connectivity index (χ2v) is 17.1. The number of hydrogen-bond donors (Lipinski definition) is 2. The maximum Gasteiger partial charge on any atom is 0.293 e. The summed E-state index contributed by atoms with van der Waals surface area (Å²) in [5.41, 5.74) is 4.65. The molecule has 8 rings (SSSR count). The highest BCUT2D eigenvalue weighted by molar-refractivity contribution is 6.07. The number of methoxy groups -OCH3 is 1. The van der Waals surface area contributed by atoms with Gasteiger partial charge in [-0.15, -0.1) is 4.98 Å². The fraction of sp³-hybridized carbons (Fsp3) is 0.490. The van der Waals surface area contributed by atoms with Crippen LogP contribution in [0.3, 0.4) is 0 Å². The van der Waals surface area contributed by atoms with Crippen LogP contribution in [0, 0.1) is 6.57 Å². The summed E-state index contributed by atoms with van der Waals surface area (Å²) in [5.74, 6) is 0.955. The van der Waals surface area contributed by atoms with E-state index in [9.17, 15) is 24.0 Å². The number of anilines is 2. The van der Waals surface area contributed by atoms with Gasteiger partial charge in [0.2, 0.25) is 17.7 Å². The number of ketones is 1. The number of rotatable bonds is 23. The Hall–Kier alpha value is -6.59. The Bertz CT molecular complexity index is 2550. The first-order valence-electron chi connectivity index (χ1n) is 23.4. The molecule has 2 N–H and O–H groups in total. The van der Waals surface area contributed by atoms with E-state index in [0.717, 1.165) is 42.0 Å². The lowest BCUT2D eigenvalue weighted by atomic mass is 10.0. The number of piperidine rings is 1. The van der Waals surface area contributed by atoms with E-state index in [1.54, 1.807) is 37.7 Å². The van der Waals surface area contributed by atoms with Crippen molar-refractivity contribution in [1.82, 2.24) is 29.7 Å². The number of Topliss-reactive ketones (excluding diaryl/α,β-unsaturated/α-hetero) is 1. The van der Waals surface area contributed by atoms with E-state index in [-0.39, 0.29) is 62.8 Å². The van der Waals surface area contributed by atoms with Gasteiger partial charge in [0.25, 0.3) is 11.7 Å². The van der Waals surface area contributed by atoms with Crippen molar-refractivity contribution in [3.05, 3.63) is 94.1 Å². The second-order valence-electron chi connectivity index (χ2n) is 17.1. The van der Waals surface area contributed by atoms with Crippen molar-refractivity contribution in [2.75, 3.05) is 70.2 Å². The van der Waals surface area contributed by atoms with Crippen molar-refractivity contribution in [3.8, 4) is 11.4 Å². The average molecular weight is 932 g/mol. The summed E-state index contributed by atoms with van der Waals surface area (Å²) in [6.07, 6.45) is 10.6. The van der Waals surface area contributed by atoms with Crippen LogP contribution in [0.25, 0.3) is 10.5 Å². The monoisotopic (exact) mass is 931 g/mol. The number of benzene rings is 2. The first kappa shape index (κ1) is 47.9. The van der Waals surface area contributed by atoms with Crippen molar-refractivity contribution in [3.63, 3.8) is 0 Å². The fourth-order valence-corrected chi connectivity index (χ4v) is 9.49. The molecule has 2 aromatic carbocycles. The van der Waals surface area contributed by atoms with Gasteiger partial charge in [0.1, 0.15) is 29.9 Å². The third-order valence-electron chi connectivity index (χ3n) is 12.8. The van der Waals surface area contributed by atoms with Gasteiger partial charge < -0.3 is 43.6 Å². The number of aromatic nitrogens is 4. The summed E-state index contributed by atoms with van der Waals surface area (Å²) in [6.45, 7) is 12.1. The molecule has 1 saturated carbocycles. The van der Waals surface area contributed by atoms with E-state index in [1.807, 2.05) is 22.9 Å². The summed E-state index contributed by atoms with van der Waals surface area (Å²) >= 11 is 0. The van der Waals surface area contributed by atoms with Crippen molar-refractivity contribution >= 4 is 46.7 Å². The first-order chi connectivity index (χ1) is 33.2. The number of nitrogens with one attached hydrogen (secondary N) is 2. The number of imidazole rings is 1. The van der Waals surface area contributed by atoms with Crippen molar-refractivity contribution in [1.29, 1.82) is 0 Å². The fourth-order valence-electron chi connectivity index (χ4n) is 9.49. The molecule has 5 heterocycles. The molecule has 68 heavy (non-hydrogen) atoms. The van der Waals surface area contributed by atoms with Crippen LogP contribution in [0.1, 0.15) is 114 Å². The van der Waals surface area contributed by atoms with E-state index in [1.165, 1.54) is 17.7 Å². The molecule has 19 heteroatoms. The van der Waals surface area contributed by atoms with Gasteiger partial charge in [-0.1, -0.05) is 44.5 Å². The number of fused-ring (bicyclic) bond motifs is 4. The van der Waals surface area contributed by atoms with E-state index in [2.05, 4.69) is 32.3 Å². The Kier molecular flexibility index (Phi) is 15.8. The molecule has 0 spiro atoms. The Labute approximate surface area is 394 Å². The van der Waals surface area contributed by atoms with Gasteiger partial charge in [0, 0.05) is 66.4 Å². The Morgan fingerprint density at radius 3 is 2.41 bits per heavy atom. The van der Waals surface area contributed by atoms with E-state index >= 15 is 0 Å². The number of nitrogens with zero attached hydrogens (tertiary/aromatic N) is 7. The predicted octanol–water partition coefficient (Wildman–Crippen LogP) is 5.46. The number of carbonyl (C=O) groups is 5. The minimum absolute atomic E-state index is 0.00728. The lowest BCUT2D eigenvalue weighted by Crippen LogP contribution is -2.52. The largest absolute Gasteiger partial charge is 0.496 e. The molecule has 1 unspecified atom stereocenters. The lowest BCUT2D eigenvalue weighted by Gasteiger charge is -2.42. The molecule has 1 aliphatic carbocycles. The van der Waals surface area contributed by atoms with Crippen LogP contribution >= 0.6 is 0 Å². The van der Waals surface area contributed by atoms with Gasteiger partial charge in [0.15, 0.2) is 17.9 Å². The zero-order valence-electron chi connectivity index (χ0n) is 38.5. The summed E-state index contributed by atoms with van der Waals surface area (Å²) in [7, 11) is 1.59. The highest BCUT2D eigenvalue weighted by Crippen LogP contribution is 2.46. The highest BCUT2D eigenvalue weighted by Gasteiger charge is 2.41. The molecule has 358 valence electrons. The molecule has 4 aliphatic rings. The Morgan fingerprint density at radius 1 is 0.941 bits per heavy atom. The molecule has 0 bridgehead atoms. The average Bonchev–Trinajstić information content (AvgIpc) is 4.11. The molecular formula is C49H57N9O10. The first-order valence-corrected chi connectivity index (χ1v) is 23.4. The third-order valence-corrected chi connectivity index (χ3v) is 12.8. The zero-order valence-corrected chi connectivity index (χ0v) is 38.5. The van der Waals surface area contributed by atoms with E-state index in [4.69, 9.17) is 40.2 Å². The van der Waals surface area contributed by atoms with E-state index in [0.29, 0.717) is 98.1 Å². The van der Waals surface area contributed by atoms with Crippen molar-refractivity contribution < 1.29 is 47.7 Å². The molecule has 4 amide bonds.